The maximum atomic E-state index is 14.4. The number of epoxide rings is 1. The number of ether oxygens (including phenoxy) is 7. The third kappa shape index (κ3) is 6.71. The van der Waals surface area contributed by atoms with Crippen molar-refractivity contribution in [2.45, 2.75) is 171 Å². The first-order valence-corrected chi connectivity index (χ1v) is 17.9. The molecule has 5 N–H and O–H groups in total. The van der Waals surface area contributed by atoms with Crippen LogP contribution in [0.3, 0.4) is 0 Å². The second-order valence-electron chi connectivity index (χ2n) is 16.3. The van der Waals surface area contributed by atoms with E-state index < -0.39 is 89.4 Å². The van der Waals surface area contributed by atoms with Crippen LogP contribution in [0.25, 0.3) is 0 Å². The molecule has 1 spiro atoms. The lowest BCUT2D eigenvalue weighted by Crippen LogP contribution is -2.73. The lowest BCUT2D eigenvalue weighted by Gasteiger charge is -2.59. The molecule has 18 atom stereocenters. The van der Waals surface area contributed by atoms with Gasteiger partial charge in [-0.05, 0) is 67.0 Å². The summed E-state index contributed by atoms with van der Waals surface area (Å²) in [4.78, 5) is 16.6. The maximum Gasteiger partial charge on any atom is 0.317 e. The van der Waals surface area contributed by atoms with Crippen LogP contribution >= 0.6 is 0 Å². The van der Waals surface area contributed by atoms with Crippen molar-refractivity contribution < 1.29 is 53.3 Å². The molecule has 0 aromatic heterocycles. The number of fused-ring (bicyclic) bond motifs is 3. The number of hydrogen-bond donors (Lipinski definition) is 4. The highest BCUT2D eigenvalue weighted by Crippen LogP contribution is 2.60. The Kier molecular flexibility index (Phi) is 10.8. The first-order valence-electron chi connectivity index (χ1n) is 17.9. The summed E-state index contributed by atoms with van der Waals surface area (Å²) in [5, 5.41) is 35.6. The summed E-state index contributed by atoms with van der Waals surface area (Å²) in [7, 11) is 5.62. The molecule has 48 heavy (non-hydrogen) atoms. The third-order valence-electron chi connectivity index (χ3n) is 12.2. The average molecular weight is 687 g/mol. The molecule has 13 nitrogen and oxygen atoms in total. The van der Waals surface area contributed by atoms with Gasteiger partial charge in [-0.25, -0.2) is 0 Å². The van der Waals surface area contributed by atoms with E-state index in [9.17, 15) is 20.1 Å². The predicted molar refractivity (Wildman–Crippen MR) is 174 cm³/mol. The number of nitrogens with two attached hydrogens (primary N) is 1. The molecule has 8 unspecified atom stereocenters. The van der Waals surface area contributed by atoms with E-state index in [1.165, 1.54) is 6.92 Å². The van der Waals surface area contributed by atoms with Crippen molar-refractivity contribution >= 4 is 5.97 Å². The Morgan fingerprint density at radius 2 is 1.69 bits per heavy atom. The van der Waals surface area contributed by atoms with Crippen LogP contribution in [0.5, 0.6) is 0 Å². The SMILES string of the molecule is CC[C@H]1OC(=O)[C@H]2[C@@H](OC23CC2(OC)OC2C(C)O3)[C@H](C)[C@@H](OC2CC(N(C)C)CC(C)O2)[C@@](C)(O)CC(C)[C@H](N)[C@H](C)[C@@H](O)[C@]1(C)O. The highest BCUT2D eigenvalue weighted by atomic mass is 16.8. The summed E-state index contributed by atoms with van der Waals surface area (Å²) >= 11 is 0. The highest BCUT2D eigenvalue weighted by molar-refractivity contribution is 5.76. The minimum Gasteiger partial charge on any atom is -0.459 e. The first-order chi connectivity index (χ1) is 22.2. The summed E-state index contributed by atoms with van der Waals surface area (Å²) in [6, 6.07) is -0.398. The van der Waals surface area contributed by atoms with Crippen LogP contribution < -0.4 is 5.73 Å². The molecule has 0 bridgehead atoms. The molecule has 13 heteroatoms. The van der Waals surface area contributed by atoms with Crippen molar-refractivity contribution in [1.82, 2.24) is 4.90 Å². The Morgan fingerprint density at radius 1 is 1.02 bits per heavy atom. The summed E-state index contributed by atoms with van der Waals surface area (Å²) in [5.74, 6) is -5.52. The molecule has 5 rings (SSSR count). The normalized spacial score (nSPS) is 54.9. The lowest BCUT2D eigenvalue weighted by molar-refractivity contribution is -0.421. The van der Waals surface area contributed by atoms with Crippen LogP contribution in [0.2, 0.25) is 0 Å². The van der Waals surface area contributed by atoms with E-state index >= 15 is 0 Å². The van der Waals surface area contributed by atoms with Gasteiger partial charge < -0.3 is 59.1 Å². The van der Waals surface area contributed by atoms with Gasteiger partial charge in [-0.3, -0.25) is 4.79 Å². The molecule has 5 fully saturated rings. The Morgan fingerprint density at radius 3 is 2.29 bits per heavy atom. The Bertz CT molecular complexity index is 1160. The topological polar surface area (TPSA) is 175 Å². The van der Waals surface area contributed by atoms with Crippen molar-refractivity contribution in [1.29, 1.82) is 0 Å². The van der Waals surface area contributed by atoms with Gasteiger partial charge in [0.15, 0.2) is 12.1 Å². The van der Waals surface area contributed by atoms with Gasteiger partial charge in [-0.15, -0.1) is 0 Å². The Hall–Kier alpha value is -0.970. The van der Waals surface area contributed by atoms with E-state index in [1.54, 1.807) is 27.9 Å². The van der Waals surface area contributed by atoms with Crippen LogP contribution in [0.1, 0.15) is 87.5 Å². The van der Waals surface area contributed by atoms with Crippen molar-refractivity contribution in [2.24, 2.45) is 29.4 Å². The minimum atomic E-state index is -1.82. The van der Waals surface area contributed by atoms with Gasteiger partial charge in [0.25, 0.3) is 0 Å². The largest absolute Gasteiger partial charge is 0.459 e. The van der Waals surface area contributed by atoms with E-state index in [4.69, 9.17) is 38.9 Å². The molecule has 5 aliphatic heterocycles. The number of nitrogens with zero attached hydrogens (tertiary/aromatic N) is 1. The summed E-state index contributed by atoms with van der Waals surface area (Å²) < 4.78 is 44.0. The third-order valence-corrected chi connectivity index (χ3v) is 12.2. The van der Waals surface area contributed by atoms with Crippen LogP contribution in [0.4, 0.5) is 0 Å². The molecule has 0 aromatic rings. The molecule has 5 heterocycles. The number of aliphatic hydroxyl groups is 3. The zero-order valence-corrected chi connectivity index (χ0v) is 30.8. The first kappa shape index (κ1) is 38.3. The molecule has 5 aliphatic rings. The summed E-state index contributed by atoms with van der Waals surface area (Å²) in [6.07, 6.45) is -3.48. The molecule has 0 amide bonds. The Labute approximate surface area is 286 Å². The number of esters is 1. The molecular weight excluding hydrogens is 624 g/mol. The number of methoxy groups -OCH3 is 1. The van der Waals surface area contributed by atoms with Gasteiger partial charge in [0.05, 0.1) is 42.5 Å². The van der Waals surface area contributed by atoms with E-state index in [2.05, 4.69) is 4.90 Å². The monoisotopic (exact) mass is 686 g/mol. The lowest BCUT2D eigenvalue weighted by atomic mass is 9.69. The molecular formula is C35H62N2O11. The fourth-order valence-corrected chi connectivity index (χ4v) is 9.24. The molecule has 278 valence electrons. The van der Waals surface area contributed by atoms with Crippen molar-refractivity contribution in [2.75, 3.05) is 21.2 Å². The van der Waals surface area contributed by atoms with Crippen LogP contribution in [-0.4, -0.2) is 131 Å². The average Bonchev–Trinajstić information content (AvgIpc) is 3.74. The van der Waals surface area contributed by atoms with Gasteiger partial charge >= 0.3 is 5.97 Å². The predicted octanol–water partition coefficient (Wildman–Crippen LogP) is 1.91. The Balaban J connectivity index is 1.56. The fourth-order valence-electron chi connectivity index (χ4n) is 9.24. The smallest absolute Gasteiger partial charge is 0.317 e. The van der Waals surface area contributed by atoms with E-state index in [1.807, 2.05) is 41.8 Å². The van der Waals surface area contributed by atoms with Gasteiger partial charge in [0.2, 0.25) is 5.79 Å². The van der Waals surface area contributed by atoms with Gasteiger partial charge in [0.1, 0.15) is 23.7 Å². The highest BCUT2D eigenvalue weighted by Gasteiger charge is 2.76. The standard InChI is InChI=1S/C35H62N2O11/c1-12-23-33(8,41)28(38)19(4)26(36)17(2)15-32(7,40)29(45-24-14-22(37(9)10)13-18(3)43-24)20(5)27-25(31(39)44-23)34(47-27)16-35(42-11)30(48-35)21(6)46-34/h17-30,38,40-41H,12-16,36H2,1-11H3/t17?,18?,19-,20-,21?,22?,23+,24?,25+,26-,27-,28+,29+,30?,32-,33+,34?,35?/m0/s1. The number of cyclic esters (lactones) is 1. The molecule has 0 saturated carbocycles. The number of carbonyl (C=O) groups is 1. The molecule has 5 saturated heterocycles. The fraction of sp³-hybridized carbons (Fsp3) is 0.971. The maximum absolute atomic E-state index is 14.4. The zero-order chi connectivity index (χ0) is 35.7. The zero-order valence-electron chi connectivity index (χ0n) is 30.8. The number of rotatable bonds is 5. The van der Waals surface area contributed by atoms with E-state index in [-0.39, 0.29) is 43.4 Å². The number of aliphatic hydroxyl groups excluding tert-OH is 1. The molecule has 0 aromatic carbocycles. The quantitative estimate of drug-likeness (QED) is 0.244. The number of hydrogen-bond acceptors (Lipinski definition) is 13. The summed E-state index contributed by atoms with van der Waals surface area (Å²) in [6.45, 7) is 14.4. The van der Waals surface area contributed by atoms with E-state index in [0.29, 0.717) is 6.42 Å². The van der Waals surface area contributed by atoms with Crippen LogP contribution in [-0.2, 0) is 38.0 Å². The van der Waals surface area contributed by atoms with Crippen LogP contribution in [0.15, 0.2) is 0 Å². The minimum absolute atomic E-state index is 0.0665. The molecule has 0 aliphatic carbocycles. The number of carbonyl (C=O) groups excluding carboxylic acids is 1. The second kappa shape index (κ2) is 13.5. The second-order valence-corrected chi connectivity index (χ2v) is 16.3. The van der Waals surface area contributed by atoms with Gasteiger partial charge in [-0.2, -0.15) is 0 Å². The van der Waals surface area contributed by atoms with Crippen molar-refractivity contribution in [3.05, 3.63) is 0 Å². The van der Waals surface area contributed by atoms with E-state index in [0.717, 1.165) is 6.42 Å². The van der Waals surface area contributed by atoms with Gasteiger partial charge in [0, 0.05) is 37.5 Å². The summed E-state index contributed by atoms with van der Waals surface area (Å²) in [5.41, 5.74) is 3.44. The van der Waals surface area contributed by atoms with Crippen molar-refractivity contribution in [3.63, 3.8) is 0 Å². The molecule has 0 radical (unpaired) electrons. The van der Waals surface area contributed by atoms with Crippen LogP contribution in [0, 0.1) is 23.7 Å². The van der Waals surface area contributed by atoms with Gasteiger partial charge in [-0.1, -0.05) is 27.7 Å². The van der Waals surface area contributed by atoms with Crippen molar-refractivity contribution in [3.8, 4) is 0 Å².